The van der Waals surface area contributed by atoms with E-state index in [-0.39, 0.29) is 31.2 Å². The second kappa shape index (κ2) is 10.3. The molecule has 0 unspecified atom stereocenters. The summed E-state index contributed by atoms with van der Waals surface area (Å²) in [6.45, 7) is 11.4. The zero-order valence-electron chi connectivity index (χ0n) is 19.8. The lowest BCUT2D eigenvalue weighted by molar-refractivity contribution is -0.161. The molecule has 0 aliphatic carbocycles. The van der Waals surface area contributed by atoms with Crippen molar-refractivity contribution in [1.82, 2.24) is 10.2 Å². The first-order chi connectivity index (χ1) is 14.7. The molecule has 1 heterocycles. The molecule has 1 saturated heterocycles. The predicted molar refractivity (Wildman–Crippen MR) is 126 cm³/mol. The van der Waals surface area contributed by atoms with Crippen LogP contribution in [0.4, 0.5) is 0 Å². The summed E-state index contributed by atoms with van der Waals surface area (Å²) < 4.78 is 6.37. The van der Waals surface area contributed by atoms with Gasteiger partial charge in [0.15, 0.2) is 0 Å². The van der Waals surface area contributed by atoms with E-state index in [1.807, 2.05) is 45.0 Å². The number of carbonyl (C=O) groups excluding carboxylic acids is 3. The molecule has 8 heteroatoms. The van der Waals surface area contributed by atoms with Crippen LogP contribution in [-0.2, 0) is 25.7 Å². The Balaban J connectivity index is 2.13. The molecule has 0 bridgehead atoms. The van der Waals surface area contributed by atoms with Crippen molar-refractivity contribution in [2.24, 2.45) is 11.3 Å². The summed E-state index contributed by atoms with van der Waals surface area (Å²) in [5.41, 5.74) is -0.252. The first kappa shape index (κ1) is 26.3. The van der Waals surface area contributed by atoms with Gasteiger partial charge in [-0.15, -0.1) is 0 Å². The molecule has 0 spiro atoms. The maximum Gasteiger partial charge on any atom is 0.307 e. The Bertz CT molecular complexity index is 826. The molecule has 2 N–H and O–H groups in total. The molecular formula is C24H35BrN2O5. The normalized spacial score (nSPS) is 20.1. The van der Waals surface area contributed by atoms with Gasteiger partial charge in [0.2, 0.25) is 11.8 Å². The molecule has 2 rings (SSSR count). The molecule has 2 amide bonds. The van der Waals surface area contributed by atoms with E-state index in [1.54, 1.807) is 20.8 Å². The van der Waals surface area contributed by atoms with E-state index in [2.05, 4.69) is 21.2 Å². The number of ether oxygens (including phenoxy) is 1. The van der Waals surface area contributed by atoms with Crippen molar-refractivity contribution >= 4 is 33.7 Å². The summed E-state index contributed by atoms with van der Waals surface area (Å²) in [4.78, 5) is 40.3. The van der Waals surface area contributed by atoms with Crippen molar-refractivity contribution in [2.75, 3.05) is 6.54 Å². The van der Waals surface area contributed by atoms with E-state index >= 15 is 0 Å². The highest BCUT2D eigenvalue weighted by atomic mass is 79.9. The minimum atomic E-state index is -0.787. The van der Waals surface area contributed by atoms with Gasteiger partial charge in [0.25, 0.3) is 0 Å². The number of nitrogens with one attached hydrogen (secondary N) is 1. The van der Waals surface area contributed by atoms with Gasteiger partial charge in [-0.3, -0.25) is 14.4 Å². The molecule has 178 valence electrons. The van der Waals surface area contributed by atoms with Gasteiger partial charge in [-0.05, 0) is 43.9 Å². The van der Waals surface area contributed by atoms with Gasteiger partial charge in [-0.2, -0.15) is 0 Å². The van der Waals surface area contributed by atoms with Crippen LogP contribution in [0.2, 0.25) is 0 Å². The molecule has 7 nitrogen and oxygen atoms in total. The molecule has 3 atom stereocenters. The van der Waals surface area contributed by atoms with Crippen molar-refractivity contribution in [3.63, 3.8) is 0 Å². The Morgan fingerprint density at radius 3 is 2.28 bits per heavy atom. The lowest BCUT2D eigenvalue weighted by atomic mass is 9.77. The van der Waals surface area contributed by atoms with Gasteiger partial charge in [0.05, 0.1) is 18.4 Å². The van der Waals surface area contributed by atoms with Gasteiger partial charge in [0, 0.05) is 24.0 Å². The average molecular weight is 511 g/mol. The fraction of sp³-hybridized carbons (Fsp3) is 0.625. The van der Waals surface area contributed by atoms with Crippen LogP contribution in [0, 0.1) is 11.3 Å². The van der Waals surface area contributed by atoms with Crippen molar-refractivity contribution in [2.45, 2.75) is 78.7 Å². The zero-order chi connectivity index (χ0) is 24.3. The summed E-state index contributed by atoms with van der Waals surface area (Å²) in [7, 11) is 0. The standard InChI is InChI=1S/C24H35BrN2O5/c1-23(2,3)18(12-20(29)32-24(4,5)6)22(31)27-14-17(28)11-19(27)21(30)26-13-15-7-9-16(25)10-8-15/h7-10,17-19,28H,11-14H2,1-6H3,(H,26,30)/t17-,18-,19+/m1/s1. The third kappa shape index (κ3) is 7.59. The van der Waals surface area contributed by atoms with E-state index in [1.165, 1.54) is 4.90 Å². The predicted octanol–water partition coefficient (Wildman–Crippen LogP) is 3.42. The van der Waals surface area contributed by atoms with E-state index in [0.29, 0.717) is 6.54 Å². The van der Waals surface area contributed by atoms with Crippen molar-refractivity contribution in [1.29, 1.82) is 0 Å². The minimum absolute atomic E-state index is 0.0656. The number of β-amino-alcohol motifs (C(OH)–C–C–N with tert-alkyl or cyclic N) is 1. The minimum Gasteiger partial charge on any atom is -0.460 e. The molecule has 32 heavy (non-hydrogen) atoms. The molecule has 0 saturated carbocycles. The lowest BCUT2D eigenvalue weighted by Crippen LogP contribution is -2.50. The third-order valence-electron chi connectivity index (χ3n) is 5.38. The van der Waals surface area contributed by atoms with Crippen LogP contribution >= 0.6 is 15.9 Å². The maximum atomic E-state index is 13.5. The molecule has 1 aromatic rings. The molecule has 1 fully saturated rings. The number of amides is 2. The zero-order valence-corrected chi connectivity index (χ0v) is 21.4. The fourth-order valence-corrected chi connectivity index (χ4v) is 3.99. The summed E-state index contributed by atoms with van der Waals surface area (Å²) in [5, 5.41) is 13.1. The number of hydrogen-bond acceptors (Lipinski definition) is 5. The van der Waals surface area contributed by atoms with Gasteiger partial charge in [-0.25, -0.2) is 0 Å². The highest BCUT2D eigenvalue weighted by molar-refractivity contribution is 9.10. The summed E-state index contributed by atoms with van der Waals surface area (Å²) >= 11 is 3.38. The van der Waals surface area contributed by atoms with Crippen LogP contribution in [0.1, 0.15) is 59.9 Å². The number of nitrogens with zero attached hydrogens (tertiary/aromatic N) is 1. The van der Waals surface area contributed by atoms with E-state index in [4.69, 9.17) is 4.74 Å². The van der Waals surface area contributed by atoms with E-state index in [9.17, 15) is 19.5 Å². The maximum absolute atomic E-state index is 13.5. The van der Waals surface area contributed by atoms with Crippen LogP contribution in [0.25, 0.3) is 0 Å². The largest absolute Gasteiger partial charge is 0.460 e. The highest BCUT2D eigenvalue weighted by Gasteiger charge is 2.44. The van der Waals surface area contributed by atoms with Crippen molar-refractivity contribution in [3.8, 4) is 0 Å². The molecule has 1 aliphatic rings. The number of esters is 1. The van der Waals surface area contributed by atoms with E-state index in [0.717, 1.165) is 10.0 Å². The van der Waals surface area contributed by atoms with Crippen LogP contribution in [-0.4, -0.2) is 52.1 Å². The third-order valence-corrected chi connectivity index (χ3v) is 5.91. The number of carbonyl (C=O) groups is 3. The second-order valence-corrected chi connectivity index (χ2v) is 11.4. The van der Waals surface area contributed by atoms with Gasteiger partial charge in [-0.1, -0.05) is 48.8 Å². The first-order valence-electron chi connectivity index (χ1n) is 10.9. The van der Waals surface area contributed by atoms with Gasteiger partial charge in [0.1, 0.15) is 11.6 Å². The highest BCUT2D eigenvalue weighted by Crippen LogP contribution is 2.34. The number of hydrogen-bond donors (Lipinski definition) is 2. The van der Waals surface area contributed by atoms with Crippen LogP contribution < -0.4 is 5.32 Å². The number of aliphatic hydroxyl groups excluding tert-OH is 1. The summed E-state index contributed by atoms with van der Waals surface area (Å²) in [6, 6.07) is 6.79. The van der Waals surface area contributed by atoms with Crippen molar-refractivity contribution < 1.29 is 24.2 Å². The molecule has 0 aromatic heterocycles. The Morgan fingerprint density at radius 1 is 1.16 bits per heavy atom. The number of halogens is 1. The van der Waals surface area contributed by atoms with Crippen LogP contribution in [0.5, 0.6) is 0 Å². The second-order valence-electron chi connectivity index (χ2n) is 10.4. The van der Waals surface area contributed by atoms with Crippen LogP contribution in [0.15, 0.2) is 28.7 Å². The Morgan fingerprint density at radius 2 is 1.75 bits per heavy atom. The molecule has 0 radical (unpaired) electrons. The first-order valence-corrected chi connectivity index (χ1v) is 11.7. The number of likely N-dealkylation sites (tertiary alicyclic amines) is 1. The van der Waals surface area contributed by atoms with Gasteiger partial charge < -0.3 is 20.1 Å². The Labute approximate surface area is 199 Å². The number of benzene rings is 1. The average Bonchev–Trinajstić information content (AvgIpc) is 3.04. The molecule has 1 aromatic carbocycles. The Hall–Kier alpha value is -1.93. The summed E-state index contributed by atoms with van der Waals surface area (Å²) in [5.74, 6) is -1.77. The van der Waals surface area contributed by atoms with Gasteiger partial charge >= 0.3 is 5.97 Å². The lowest BCUT2D eigenvalue weighted by Gasteiger charge is -2.35. The smallest absolute Gasteiger partial charge is 0.307 e. The molecular weight excluding hydrogens is 476 g/mol. The monoisotopic (exact) mass is 510 g/mol. The van der Waals surface area contributed by atoms with Crippen molar-refractivity contribution in [3.05, 3.63) is 34.3 Å². The fourth-order valence-electron chi connectivity index (χ4n) is 3.73. The summed E-state index contributed by atoms with van der Waals surface area (Å²) in [6.07, 6.45) is -0.704. The Kier molecular flexibility index (Phi) is 8.50. The number of aliphatic hydroxyl groups is 1. The topological polar surface area (TPSA) is 95.9 Å². The van der Waals surface area contributed by atoms with Crippen LogP contribution in [0.3, 0.4) is 0 Å². The van der Waals surface area contributed by atoms with E-state index < -0.39 is 35.0 Å². The molecule has 1 aliphatic heterocycles. The number of rotatable bonds is 6. The quantitative estimate of drug-likeness (QED) is 0.571. The SMILES string of the molecule is CC(C)(C)OC(=O)C[C@H](C(=O)N1C[C@H](O)C[C@H]1C(=O)NCc1ccc(Br)cc1)C(C)(C)C.